The van der Waals surface area contributed by atoms with Crippen molar-refractivity contribution < 1.29 is 4.74 Å². The molecule has 1 aliphatic carbocycles. The van der Waals surface area contributed by atoms with Crippen LogP contribution >= 0.6 is 0 Å². The second-order valence-electron chi connectivity index (χ2n) is 5.69. The van der Waals surface area contributed by atoms with Crippen molar-refractivity contribution in [3.8, 4) is 0 Å². The van der Waals surface area contributed by atoms with E-state index in [2.05, 4.69) is 17.1 Å². The molecule has 0 spiro atoms. The van der Waals surface area contributed by atoms with Gasteiger partial charge in [-0.05, 0) is 37.5 Å². The average molecular weight is 307 g/mol. The molecule has 0 aliphatic heterocycles. The second kappa shape index (κ2) is 6.16. The number of rotatable bonds is 5. The third-order valence-corrected chi connectivity index (χ3v) is 3.99. The van der Waals surface area contributed by atoms with Crippen LogP contribution in [-0.2, 0) is 10.3 Å². The maximum absolute atomic E-state index is 6.29. The number of hydrogen-bond donors (Lipinski definition) is 2. The molecule has 1 saturated carbocycles. The lowest BCUT2D eigenvalue weighted by atomic mass is 10.1. The standard InChI is InChI=1S/C19H21N3O/c1-2-22-18(17(21)14-8-10-16(20)11-9-14)23-19(12-13-19)15-6-4-3-5-7-15/h2-11H,12-13,20-21H2,1H3/b18-17+,22-2-. The fourth-order valence-corrected chi connectivity index (χ4v) is 2.54. The summed E-state index contributed by atoms with van der Waals surface area (Å²) in [6, 6.07) is 17.6. The zero-order valence-electron chi connectivity index (χ0n) is 13.2. The van der Waals surface area contributed by atoms with E-state index in [0.717, 1.165) is 24.0 Å². The normalized spacial score (nSPS) is 16.9. The number of nitrogen functional groups attached to an aromatic ring is 1. The molecule has 0 heterocycles. The summed E-state index contributed by atoms with van der Waals surface area (Å²) in [5, 5.41) is 0. The lowest BCUT2D eigenvalue weighted by Gasteiger charge is -2.20. The summed E-state index contributed by atoms with van der Waals surface area (Å²) in [6.45, 7) is 1.85. The molecule has 0 saturated heterocycles. The molecule has 4 nitrogen and oxygen atoms in total. The Morgan fingerprint density at radius 2 is 1.74 bits per heavy atom. The molecule has 118 valence electrons. The quantitative estimate of drug-likeness (QED) is 0.503. The molecule has 4 heteroatoms. The van der Waals surface area contributed by atoms with Crippen molar-refractivity contribution in [2.75, 3.05) is 5.73 Å². The number of nitrogens with zero attached hydrogens (tertiary/aromatic N) is 1. The Morgan fingerprint density at radius 1 is 1.09 bits per heavy atom. The van der Waals surface area contributed by atoms with Gasteiger partial charge in [-0.1, -0.05) is 42.5 Å². The number of anilines is 1. The number of benzene rings is 2. The summed E-state index contributed by atoms with van der Waals surface area (Å²) < 4.78 is 6.25. The van der Waals surface area contributed by atoms with Gasteiger partial charge < -0.3 is 16.2 Å². The first-order valence-electron chi connectivity index (χ1n) is 7.73. The molecule has 0 aromatic heterocycles. The number of aliphatic imine (C=N–C) groups is 1. The van der Waals surface area contributed by atoms with Crippen LogP contribution in [0.3, 0.4) is 0 Å². The van der Waals surface area contributed by atoms with Crippen molar-refractivity contribution in [2.45, 2.75) is 25.4 Å². The fourth-order valence-electron chi connectivity index (χ4n) is 2.54. The maximum Gasteiger partial charge on any atom is 0.238 e. The monoisotopic (exact) mass is 307 g/mol. The van der Waals surface area contributed by atoms with Gasteiger partial charge in [-0.2, -0.15) is 0 Å². The van der Waals surface area contributed by atoms with Gasteiger partial charge in [-0.15, -0.1) is 0 Å². The van der Waals surface area contributed by atoms with E-state index in [-0.39, 0.29) is 5.60 Å². The molecule has 0 atom stereocenters. The minimum Gasteiger partial charge on any atom is -0.465 e. The molecule has 0 unspecified atom stereocenters. The number of hydrogen-bond acceptors (Lipinski definition) is 4. The van der Waals surface area contributed by atoms with Crippen LogP contribution in [0.25, 0.3) is 5.70 Å². The molecular weight excluding hydrogens is 286 g/mol. The smallest absolute Gasteiger partial charge is 0.238 e. The molecule has 1 aliphatic rings. The lowest BCUT2D eigenvalue weighted by Crippen LogP contribution is -2.14. The van der Waals surface area contributed by atoms with E-state index in [9.17, 15) is 0 Å². The summed E-state index contributed by atoms with van der Waals surface area (Å²) in [6.07, 6.45) is 3.63. The van der Waals surface area contributed by atoms with Crippen molar-refractivity contribution in [3.63, 3.8) is 0 Å². The summed E-state index contributed by atoms with van der Waals surface area (Å²) >= 11 is 0. The summed E-state index contributed by atoms with van der Waals surface area (Å²) in [5.74, 6) is 0.457. The highest BCUT2D eigenvalue weighted by molar-refractivity contribution is 5.68. The minimum absolute atomic E-state index is 0.304. The van der Waals surface area contributed by atoms with E-state index in [1.54, 1.807) is 6.21 Å². The highest BCUT2D eigenvalue weighted by Crippen LogP contribution is 2.51. The molecule has 3 rings (SSSR count). The Labute approximate surface area is 136 Å². The third kappa shape index (κ3) is 3.21. The maximum atomic E-state index is 6.29. The molecule has 2 aromatic rings. The van der Waals surface area contributed by atoms with Gasteiger partial charge in [0.2, 0.25) is 5.88 Å². The summed E-state index contributed by atoms with van der Waals surface area (Å²) in [4.78, 5) is 4.35. The first-order valence-corrected chi connectivity index (χ1v) is 7.73. The Balaban J connectivity index is 1.93. The van der Waals surface area contributed by atoms with E-state index in [4.69, 9.17) is 16.2 Å². The molecule has 0 radical (unpaired) electrons. The van der Waals surface area contributed by atoms with E-state index >= 15 is 0 Å². The number of nitrogens with two attached hydrogens (primary N) is 2. The Hall–Kier alpha value is -2.75. The molecule has 23 heavy (non-hydrogen) atoms. The molecular formula is C19H21N3O. The van der Waals surface area contributed by atoms with Gasteiger partial charge >= 0.3 is 0 Å². The lowest BCUT2D eigenvalue weighted by molar-refractivity contribution is 0.0922. The SMILES string of the molecule is C/C=N\C(OC1(c2ccccc2)CC1)=C(/N)c1ccc(N)cc1. The van der Waals surface area contributed by atoms with Crippen molar-refractivity contribution in [1.29, 1.82) is 0 Å². The zero-order chi connectivity index (χ0) is 16.3. The van der Waals surface area contributed by atoms with Gasteiger partial charge in [0.25, 0.3) is 0 Å². The van der Waals surface area contributed by atoms with Crippen molar-refractivity contribution in [1.82, 2.24) is 0 Å². The third-order valence-electron chi connectivity index (χ3n) is 3.99. The first-order chi connectivity index (χ1) is 11.1. The molecule has 0 amide bonds. The van der Waals surface area contributed by atoms with Crippen LogP contribution in [0.1, 0.15) is 30.9 Å². The zero-order valence-corrected chi connectivity index (χ0v) is 13.2. The second-order valence-corrected chi connectivity index (χ2v) is 5.69. The van der Waals surface area contributed by atoms with E-state index in [1.165, 1.54) is 0 Å². The molecule has 1 fully saturated rings. The molecule has 0 bridgehead atoms. The van der Waals surface area contributed by atoms with E-state index in [1.807, 2.05) is 49.4 Å². The number of ether oxygens (including phenoxy) is 1. The Morgan fingerprint density at radius 3 is 2.30 bits per heavy atom. The van der Waals surface area contributed by atoms with Gasteiger partial charge in [0.15, 0.2) is 0 Å². The van der Waals surface area contributed by atoms with Gasteiger partial charge in [-0.25, -0.2) is 4.99 Å². The predicted octanol–water partition coefficient (Wildman–Crippen LogP) is 3.65. The largest absolute Gasteiger partial charge is 0.465 e. The van der Waals surface area contributed by atoms with Crippen LogP contribution in [0, 0.1) is 0 Å². The van der Waals surface area contributed by atoms with E-state index < -0.39 is 0 Å². The summed E-state index contributed by atoms with van der Waals surface area (Å²) in [7, 11) is 0. The van der Waals surface area contributed by atoms with Crippen LogP contribution < -0.4 is 11.5 Å². The van der Waals surface area contributed by atoms with Crippen molar-refractivity contribution in [2.24, 2.45) is 10.7 Å². The highest BCUT2D eigenvalue weighted by Gasteiger charge is 2.48. The predicted molar refractivity (Wildman–Crippen MR) is 94.6 cm³/mol. The van der Waals surface area contributed by atoms with Crippen LogP contribution in [-0.4, -0.2) is 6.21 Å². The van der Waals surface area contributed by atoms with Gasteiger partial charge in [0.05, 0.1) is 0 Å². The van der Waals surface area contributed by atoms with Crippen molar-refractivity contribution in [3.05, 3.63) is 71.6 Å². The van der Waals surface area contributed by atoms with Gasteiger partial charge in [-0.3, -0.25) is 0 Å². The fraction of sp³-hybridized carbons (Fsp3) is 0.211. The molecule has 4 N–H and O–H groups in total. The average Bonchev–Trinajstić information content (AvgIpc) is 3.36. The van der Waals surface area contributed by atoms with Crippen LogP contribution in [0.5, 0.6) is 0 Å². The van der Waals surface area contributed by atoms with Crippen molar-refractivity contribution >= 4 is 17.6 Å². The Kier molecular flexibility index (Phi) is 4.06. The molecule has 2 aromatic carbocycles. The summed E-state index contributed by atoms with van der Waals surface area (Å²) in [5.41, 5.74) is 14.9. The van der Waals surface area contributed by atoms with Gasteiger partial charge in [0.1, 0.15) is 11.3 Å². The van der Waals surface area contributed by atoms with Crippen LogP contribution in [0.15, 0.2) is 65.5 Å². The van der Waals surface area contributed by atoms with Crippen LogP contribution in [0.4, 0.5) is 5.69 Å². The van der Waals surface area contributed by atoms with Gasteiger partial charge in [0, 0.05) is 17.5 Å². The van der Waals surface area contributed by atoms with Crippen LogP contribution in [0.2, 0.25) is 0 Å². The highest BCUT2D eigenvalue weighted by atomic mass is 16.5. The van der Waals surface area contributed by atoms with E-state index in [0.29, 0.717) is 17.3 Å². The Bertz CT molecular complexity index is 729. The minimum atomic E-state index is -0.304. The topological polar surface area (TPSA) is 73.6 Å². The first kappa shape index (κ1) is 15.2.